The van der Waals surface area contributed by atoms with Crippen LogP contribution in [0.25, 0.3) is 0 Å². The lowest BCUT2D eigenvalue weighted by molar-refractivity contribution is -0.156. The third-order valence-corrected chi connectivity index (χ3v) is 7.94. The Morgan fingerprint density at radius 2 is 1.90 bits per heavy atom. The van der Waals surface area contributed by atoms with E-state index in [0.717, 1.165) is 29.7 Å². The maximum absolute atomic E-state index is 12.8. The van der Waals surface area contributed by atoms with Gasteiger partial charge in [-0.25, -0.2) is 13.1 Å². The summed E-state index contributed by atoms with van der Waals surface area (Å²) in [4.78, 5) is 28.1. The molecule has 0 aliphatic carbocycles. The molecule has 162 valence electrons. The summed E-state index contributed by atoms with van der Waals surface area (Å²) >= 11 is 1.59. The number of carbonyl (C=O) groups is 2. The van der Waals surface area contributed by atoms with Crippen LogP contribution in [0.4, 0.5) is 0 Å². The normalized spacial score (nSPS) is 18.7. The third-order valence-electron chi connectivity index (χ3n) is 5.65. The molecule has 1 aromatic carbocycles. The predicted molar refractivity (Wildman–Crippen MR) is 118 cm³/mol. The Morgan fingerprint density at radius 3 is 2.47 bits per heavy atom. The van der Waals surface area contributed by atoms with Crippen LogP contribution in [0.2, 0.25) is 0 Å². The number of unbranched alkanes of at least 4 members (excludes halogenated alkanes) is 1. The van der Waals surface area contributed by atoms with Gasteiger partial charge >= 0.3 is 0 Å². The molecule has 30 heavy (non-hydrogen) atoms. The molecular weight excluding hydrogens is 420 g/mol. The van der Waals surface area contributed by atoms with Crippen LogP contribution in [0, 0.1) is 0 Å². The summed E-state index contributed by atoms with van der Waals surface area (Å²) in [5.41, 5.74) is -0.0729. The first-order valence-corrected chi connectivity index (χ1v) is 12.6. The molecule has 1 N–H and O–H groups in total. The number of nitrogens with zero attached hydrogens (tertiary/aromatic N) is 1. The number of sulfonamides is 1. The highest BCUT2D eigenvalue weighted by molar-refractivity contribution is 7.90. The van der Waals surface area contributed by atoms with Gasteiger partial charge in [0.1, 0.15) is 5.54 Å². The van der Waals surface area contributed by atoms with E-state index in [4.69, 9.17) is 0 Å². The van der Waals surface area contributed by atoms with Crippen molar-refractivity contribution in [3.8, 4) is 0 Å². The monoisotopic (exact) mass is 448 g/mol. The van der Waals surface area contributed by atoms with Gasteiger partial charge in [-0.1, -0.05) is 31.5 Å². The summed E-state index contributed by atoms with van der Waals surface area (Å²) < 4.78 is 27.5. The lowest BCUT2D eigenvalue weighted by Gasteiger charge is -2.49. The lowest BCUT2D eigenvalue weighted by Crippen LogP contribution is -2.67. The van der Waals surface area contributed by atoms with Crippen molar-refractivity contribution in [2.24, 2.45) is 0 Å². The fourth-order valence-corrected chi connectivity index (χ4v) is 5.31. The minimum atomic E-state index is -3.99. The van der Waals surface area contributed by atoms with Crippen molar-refractivity contribution in [2.75, 3.05) is 6.54 Å². The van der Waals surface area contributed by atoms with Gasteiger partial charge in [0.2, 0.25) is 5.91 Å². The molecule has 3 rings (SSSR count). The molecule has 0 bridgehead atoms. The van der Waals surface area contributed by atoms with Crippen LogP contribution in [0.3, 0.4) is 0 Å². The highest BCUT2D eigenvalue weighted by Crippen LogP contribution is 2.32. The van der Waals surface area contributed by atoms with E-state index in [9.17, 15) is 18.0 Å². The number of aryl methyl sites for hydroxylation is 2. The highest BCUT2D eigenvalue weighted by Gasteiger charge is 2.50. The molecule has 0 radical (unpaired) electrons. The zero-order valence-electron chi connectivity index (χ0n) is 17.4. The van der Waals surface area contributed by atoms with Crippen LogP contribution in [0.15, 0.2) is 46.7 Å². The molecule has 1 saturated heterocycles. The van der Waals surface area contributed by atoms with Crippen LogP contribution in [0.1, 0.15) is 50.0 Å². The smallest absolute Gasteiger partial charge is 0.264 e. The fourth-order valence-electron chi connectivity index (χ4n) is 3.52. The van der Waals surface area contributed by atoms with E-state index in [1.165, 1.54) is 17.0 Å². The molecule has 1 fully saturated rings. The van der Waals surface area contributed by atoms with Crippen LogP contribution in [-0.2, 0) is 32.5 Å². The summed E-state index contributed by atoms with van der Waals surface area (Å²) in [6.07, 6.45) is 4.36. The molecule has 2 amide bonds. The van der Waals surface area contributed by atoms with Crippen LogP contribution in [0.5, 0.6) is 0 Å². The van der Waals surface area contributed by atoms with Crippen molar-refractivity contribution in [3.63, 3.8) is 0 Å². The standard InChI is InChI=1S/C22H28N2O4S2/c1-3-4-6-17-8-11-19(12-9-17)30(27,28)23-21(26)22(2)14-15-24(22)20(25)13-10-18-7-5-16-29-18/h5,7-9,11-12,16H,3-4,6,10,13-15H2,1-2H3,(H,23,26). The van der Waals surface area contributed by atoms with Gasteiger partial charge in [0, 0.05) is 17.8 Å². The molecule has 8 heteroatoms. The first kappa shape index (κ1) is 22.5. The van der Waals surface area contributed by atoms with Crippen molar-refractivity contribution in [2.45, 2.75) is 62.8 Å². The Bertz CT molecular complexity index is 985. The van der Waals surface area contributed by atoms with Gasteiger partial charge in [0.25, 0.3) is 15.9 Å². The molecule has 1 aliphatic rings. The van der Waals surface area contributed by atoms with Crippen LogP contribution in [-0.4, -0.2) is 37.2 Å². The Hall–Kier alpha value is -2.19. The number of hydrogen-bond donors (Lipinski definition) is 1. The van der Waals surface area contributed by atoms with Crippen LogP contribution < -0.4 is 4.72 Å². The summed E-state index contributed by atoms with van der Waals surface area (Å²) in [6.45, 7) is 4.18. The third kappa shape index (κ3) is 4.92. The summed E-state index contributed by atoms with van der Waals surface area (Å²) in [5.74, 6) is -0.793. The Balaban J connectivity index is 1.62. The second-order valence-electron chi connectivity index (χ2n) is 7.83. The Kier molecular flexibility index (Phi) is 6.98. The minimum Gasteiger partial charge on any atom is -0.328 e. The topological polar surface area (TPSA) is 83.6 Å². The molecule has 0 saturated carbocycles. The predicted octanol–water partition coefficient (Wildman–Crippen LogP) is 3.52. The zero-order valence-corrected chi connectivity index (χ0v) is 19.0. The largest absolute Gasteiger partial charge is 0.328 e. The molecule has 2 aromatic rings. The SMILES string of the molecule is CCCCc1ccc(S(=O)(=O)NC(=O)C2(C)CCN2C(=O)CCc2cccs2)cc1. The van der Waals surface area contributed by atoms with Crippen LogP contribution >= 0.6 is 11.3 Å². The fraction of sp³-hybridized carbons (Fsp3) is 0.455. The van der Waals surface area contributed by atoms with E-state index in [0.29, 0.717) is 25.8 Å². The van der Waals surface area contributed by atoms with Gasteiger partial charge in [0.05, 0.1) is 4.90 Å². The van der Waals surface area contributed by atoms with Gasteiger partial charge in [-0.3, -0.25) is 9.59 Å². The van der Waals surface area contributed by atoms with Crippen molar-refractivity contribution < 1.29 is 18.0 Å². The first-order valence-electron chi connectivity index (χ1n) is 10.3. The van der Waals surface area contributed by atoms with Gasteiger partial charge in [-0.05, 0) is 61.7 Å². The highest BCUT2D eigenvalue weighted by atomic mass is 32.2. The number of amides is 2. The lowest BCUT2D eigenvalue weighted by atomic mass is 9.85. The van der Waals surface area contributed by atoms with Gasteiger partial charge < -0.3 is 4.90 Å². The first-order chi connectivity index (χ1) is 14.3. The molecule has 2 heterocycles. The van der Waals surface area contributed by atoms with Crippen molar-refractivity contribution in [3.05, 3.63) is 52.2 Å². The zero-order chi connectivity index (χ0) is 21.8. The number of carbonyl (C=O) groups excluding carboxylic acids is 2. The number of thiophene rings is 1. The maximum Gasteiger partial charge on any atom is 0.264 e. The average molecular weight is 449 g/mol. The molecular formula is C22H28N2O4S2. The average Bonchev–Trinajstić information content (AvgIpc) is 3.23. The molecule has 1 aromatic heterocycles. The van der Waals surface area contributed by atoms with Gasteiger partial charge in [-0.2, -0.15) is 0 Å². The number of likely N-dealkylation sites (tertiary alicyclic amines) is 1. The maximum atomic E-state index is 12.8. The van der Waals surface area contributed by atoms with Gasteiger partial charge in [-0.15, -0.1) is 11.3 Å². The summed E-state index contributed by atoms with van der Waals surface area (Å²) in [6, 6.07) is 10.5. The number of hydrogen-bond acceptors (Lipinski definition) is 5. The molecule has 6 nitrogen and oxygen atoms in total. The summed E-state index contributed by atoms with van der Waals surface area (Å²) in [5, 5.41) is 1.96. The second-order valence-corrected chi connectivity index (χ2v) is 10.5. The Morgan fingerprint density at radius 1 is 1.17 bits per heavy atom. The van der Waals surface area contributed by atoms with E-state index in [-0.39, 0.29) is 10.8 Å². The van der Waals surface area contributed by atoms with E-state index in [2.05, 4.69) is 11.6 Å². The van der Waals surface area contributed by atoms with Crippen molar-refractivity contribution in [1.29, 1.82) is 0 Å². The molecule has 1 unspecified atom stereocenters. The number of nitrogens with one attached hydrogen (secondary N) is 1. The van der Waals surface area contributed by atoms with E-state index in [1.807, 2.05) is 17.5 Å². The second kappa shape index (κ2) is 9.31. The van der Waals surface area contributed by atoms with E-state index < -0.39 is 21.5 Å². The van der Waals surface area contributed by atoms with Crippen molar-refractivity contribution >= 4 is 33.2 Å². The van der Waals surface area contributed by atoms with E-state index in [1.54, 1.807) is 30.4 Å². The molecule has 1 atom stereocenters. The van der Waals surface area contributed by atoms with Crippen molar-refractivity contribution in [1.82, 2.24) is 9.62 Å². The Labute approximate surface area is 182 Å². The minimum absolute atomic E-state index is 0.0505. The summed E-state index contributed by atoms with van der Waals surface area (Å²) in [7, 11) is -3.99. The quantitative estimate of drug-likeness (QED) is 0.636. The number of benzene rings is 1. The molecule has 1 aliphatic heterocycles. The number of rotatable bonds is 9. The van der Waals surface area contributed by atoms with E-state index >= 15 is 0 Å². The molecule has 0 spiro atoms. The van der Waals surface area contributed by atoms with Gasteiger partial charge in [0.15, 0.2) is 0 Å².